The van der Waals surface area contributed by atoms with Gasteiger partial charge in [-0.3, -0.25) is 4.79 Å². The van der Waals surface area contributed by atoms with E-state index in [2.05, 4.69) is 15.9 Å². The zero-order chi connectivity index (χ0) is 12.4. The van der Waals surface area contributed by atoms with Crippen LogP contribution in [-0.2, 0) is 7.05 Å². The maximum Gasteiger partial charge on any atom is 0.254 e. The van der Waals surface area contributed by atoms with Crippen LogP contribution in [0, 0.1) is 0 Å². The summed E-state index contributed by atoms with van der Waals surface area (Å²) in [6.07, 6.45) is 5.82. The molecule has 0 aromatic carbocycles. The van der Waals surface area contributed by atoms with Crippen LogP contribution < -0.4 is 16.0 Å². The fourth-order valence-electron chi connectivity index (χ4n) is 2.06. The second-order valence-electron chi connectivity index (χ2n) is 4.59. The molecule has 0 spiro atoms. The number of hydrogen-bond acceptors (Lipinski definition) is 3. The zero-order valence-electron chi connectivity index (χ0n) is 10.3. The average molecular weight is 338 g/mol. The lowest BCUT2D eigenvalue weighted by atomic mass is 9.94. The van der Waals surface area contributed by atoms with Crippen LogP contribution in [0.5, 0.6) is 5.75 Å². The number of ether oxygens (including phenoxy) is 1. The van der Waals surface area contributed by atoms with E-state index < -0.39 is 0 Å². The molecule has 1 aliphatic carbocycles. The van der Waals surface area contributed by atoms with Gasteiger partial charge in [0.05, 0.1) is 10.6 Å². The Morgan fingerprint density at radius 2 is 2.00 bits per heavy atom. The highest BCUT2D eigenvalue weighted by atomic mass is 79.9. The van der Waals surface area contributed by atoms with Gasteiger partial charge in [-0.15, -0.1) is 12.4 Å². The Labute approximate surface area is 121 Å². The molecule has 2 N–H and O–H groups in total. The summed E-state index contributed by atoms with van der Waals surface area (Å²) in [7, 11) is 1.72. The fraction of sp³-hybridized carbons (Fsp3) is 0.583. The number of hydrogen-bond donors (Lipinski definition) is 1. The van der Waals surface area contributed by atoms with Gasteiger partial charge in [0, 0.05) is 25.4 Å². The molecule has 1 heterocycles. The topological polar surface area (TPSA) is 57.2 Å². The second-order valence-corrected chi connectivity index (χ2v) is 5.44. The van der Waals surface area contributed by atoms with E-state index in [9.17, 15) is 4.79 Å². The van der Waals surface area contributed by atoms with Gasteiger partial charge >= 0.3 is 0 Å². The SMILES string of the molecule is Cl.Cn1cc(Br)c(OC2CCC(N)CC2)cc1=O. The van der Waals surface area contributed by atoms with Crippen molar-refractivity contribution in [3.63, 3.8) is 0 Å². The van der Waals surface area contributed by atoms with Gasteiger partial charge in [0.1, 0.15) is 5.75 Å². The van der Waals surface area contributed by atoms with Gasteiger partial charge in [-0.05, 0) is 41.6 Å². The van der Waals surface area contributed by atoms with Crippen LogP contribution in [0.15, 0.2) is 21.5 Å². The summed E-state index contributed by atoms with van der Waals surface area (Å²) in [6, 6.07) is 1.83. The Balaban J connectivity index is 0.00000162. The minimum atomic E-state index is -0.0595. The first-order chi connectivity index (χ1) is 8.06. The number of nitrogens with two attached hydrogens (primary N) is 1. The summed E-state index contributed by atoms with van der Waals surface area (Å²) in [5, 5.41) is 0. The van der Waals surface area contributed by atoms with Crippen LogP contribution in [0.25, 0.3) is 0 Å². The van der Waals surface area contributed by atoms with Crippen LogP contribution in [-0.4, -0.2) is 16.7 Å². The predicted molar refractivity (Wildman–Crippen MR) is 77.5 cm³/mol. The number of nitrogens with zero attached hydrogens (tertiary/aromatic N) is 1. The summed E-state index contributed by atoms with van der Waals surface area (Å²) >= 11 is 3.41. The molecule has 1 fully saturated rings. The van der Waals surface area contributed by atoms with Crippen LogP contribution >= 0.6 is 28.3 Å². The summed E-state index contributed by atoms with van der Waals surface area (Å²) < 4.78 is 8.19. The van der Waals surface area contributed by atoms with E-state index in [-0.39, 0.29) is 24.1 Å². The monoisotopic (exact) mass is 336 g/mol. The maximum absolute atomic E-state index is 11.5. The Bertz CT molecular complexity index is 456. The summed E-state index contributed by atoms with van der Waals surface area (Å²) in [4.78, 5) is 11.5. The molecular weight excluding hydrogens is 320 g/mol. The van der Waals surface area contributed by atoms with Gasteiger partial charge in [0.25, 0.3) is 5.56 Å². The first-order valence-electron chi connectivity index (χ1n) is 5.84. The van der Waals surface area contributed by atoms with E-state index in [0.29, 0.717) is 11.8 Å². The zero-order valence-corrected chi connectivity index (χ0v) is 12.7. The van der Waals surface area contributed by atoms with Gasteiger partial charge < -0.3 is 15.0 Å². The molecule has 18 heavy (non-hydrogen) atoms. The third-order valence-corrected chi connectivity index (χ3v) is 3.75. The highest BCUT2D eigenvalue weighted by Crippen LogP contribution is 2.27. The van der Waals surface area contributed by atoms with E-state index in [1.54, 1.807) is 13.2 Å². The third kappa shape index (κ3) is 3.73. The quantitative estimate of drug-likeness (QED) is 0.900. The average Bonchev–Trinajstić information content (AvgIpc) is 2.29. The van der Waals surface area contributed by atoms with Crippen molar-refractivity contribution in [1.82, 2.24) is 4.57 Å². The molecular formula is C12H18BrClN2O2. The summed E-state index contributed by atoms with van der Waals surface area (Å²) in [5.41, 5.74) is 5.79. The molecule has 0 aliphatic heterocycles. The van der Waals surface area contributed by atoms with E-state index in [1.807, 2.05) is 0 Å². The van der Waals surface area contributed by atoms with Gasteiger partial charge in [-0.1, -0.05) is 0 Å². The minimum Gasteiger partial charge on any atom is -0.489 e. The van der Waals surface area contributed by atoms with Crippen molar-refractivity contribution in [2.45, 2.75) is 37.8 Å². The molecule has 0 saturated heterocycles. The highest BCUT2D eigenvalue weighted by Gasteiger charge is 2.20. The highest BCUT2D eigenvalue weighted by molar-refractivity contribution is 9.10. The Hall–Kier alpha value is -0.520. The molecule has 0 amide bonds. The lowest BCUT2D eigenvalue weighted by Gasteiger charge is -2.27. The predicted octanol–water partition coefficient (Wildman–Crippen LogP) is 2.22. The smallest absolute Gasteiger partial charge is 0.254 e. The molecule has 1 aromatic rings. The van der Waals surface area contributed by atoms with E-state index in [1.165, 1.54) is 10.6 Å². The van der Waals surface area contributed by atoms with Gasteiger partial charge in [0.15, 0.2) is 0 Å². The molecule has 6 heteroatoms. The molecule has 2 rings (SSSR count). The molecule has 1 saturated carbocycles. The molecule has 1 aliphatic rings. The van der Waals surface area contributed by atoms with Crippen molar-refractivity contribution >= 4 is 28.3 Å². The summed E-state index contributed by atoms with van der Waals surface area (Å²) in [6.45, 7) is 0. The van der Waals surface area contributed by atoms with Crippen LogP contribution in [0.3, 0.4) is 0 Å². The lowest BCUT2D eigenvalue weighted by molar-refractivity contribution is 0.146. The van der Waals surface area contributed by atoms with Crippen molar-refractivity contribution in [1.29, 1.82) is 0 Å². The van der Waals surface area contributed by atoms with Crippen LogP contribution in [0.1, 0.15) is 25.7 Å². The molecule has 0 atom stereocenters. The van der Waals surface area contributed by atoms with Gasteiger partial charge in [-0.25, -0.2) is 0 Å². The molecule has 102 valence electrons. The number of aromatic nitrogens is 1. The van der Waals surface area contributed by atoms with Crippen molar-refractivity contribution in [3.8, 4) is 5.75 Å². The minimum absolute atomic E-state index is 0. The Kier molecular flexibility index (Phi) is 5.69. The maximum atomic E-state index is 11.5. The number of aryl methyl sites for hydroxylation is 1. The van der Waals surface area contributed by atoms with Crippen LogP contribution in [0.4, 0.5) is 0 Å². The van der Waals surface area contributed by atoms with Crippen molar-refractivity contribution in [2.75, 3.05) is 0 Å². The standard InChI is InChI=1S/C12H17BrN2O2.ClH/c1-15-7-10(13)11(6-12(15)16)17-9-4-2-8(14)3-5-9;/h6-9H,2-5,14H2,1H3;1H. The van der Waals surface area contributed by atoms with Crippen molar-refractivity contribution in [3.05, 3.63) is 27.1 Å². The lowest BCUT2D eigenvalue weighted by Crippen LogP contribution is -2.32. The molecule has 0 unspecified atom stereocenters. The second kappa shape index (κ2) is 6.59. The molecule has 0 bridgehead atoms. The largest absolute Gasteiger partial charge is 0.489 e. The van der Waals surface area contributed by atoms with Crippen LogP contribution in [0.2, 0.25) is 0 Å². The first kappa shape index (κ1) is 15.5. The Morgan fingerprint density at radius 3 is 2.61 bits per heavy atom. The molecule has 1 aromatic heterocycles. The van der Waals surface area contributed by atoms with Crippen molar-refractivity contribution in [2.24, 2.45) is 12.8 Å². The van der Waals surface area contributed by atoms with Gasteiger partial charge in [0.2, 0.25) is 0 Å². The normalized spacial score (nSPS) is 23.3. The van der Waals surface area contributed by atoms with Crippen molar-refractivity contribution < 1.29 is 4.74 Å². The molecule has 4 nitrogen and oxygen atoms in total. The third-order valence-electron chi connectivity index (χ3n) is 3.16. The summed E-state index contributed by atoms with van der Waals surface area (Å²) in [5.74, 6) is 0.633. The number of pyridine rings is 1. The van der Waals surface area contributed by atoms with E-state index in [4.69, 9.17) is 10.5 Å². The molecule has 0 radical (unpaired) electrons. The number of halogens is 2. The van der Waals surface area contributed by atoms with E-state index in [0.717, 1.165) is 30.2 Å². The number of rotatable bonds is 2. The van der Waals surface area contributed by atoms with Gasteiger partial charge in [-0.2, -0.15) is 0 Å². The van der Waals surface area contributed by atoms with E-state index >= 15 is 0 Å². The Morgan fingerprint density at radius 1 is 1.39 bits per heavy atom. The first-order valence-corrected chi connectivity index (χ1v) is 6.64. The fourth-order valence-corrected chi connectivity index (χ4v) is 2.57.